The first-order valence-corrected chi connectivity index (χ1v) is 8.04. The molecule has 1 N–H and O–H groups in total. The van der Waals surface area contributed by atoms with Crippen LogP contribution in [0.5, 0.6) is 5.75 Å². The minimum atomic E-state index is -3.82. The lowest BCUT2D eigenvalue weighted by molar-refractivity contribution is 0.474. The van der Waals surface area contributed by atoms with Crippen molar-refractivity contribution in [1.29, 1.82) is 0 Å². The molecule has 20 heavy (non-hydrogen) atoms. The van der Waals surface area contributed by atoms with E-state index in [1.54, 1.807) is 12.1 Å². The Morgan fingerprint density at radius 1 is 1.15 bits per heavy atom. The summed E-state index contributed by atoms with van der Waals surface area (Å²) in [5.41, 5.74) is 0.303. The lowest BCUT2D eigenvalue weighted by Gasteiger charge is -2.01. The van der Waals surface area contributed by atoms with E-state index in [9.17, 15) is 13.5 Å². The summed E-state index contributed by atoms with van der Waals surface area (Å²) in [5, 5.41) is 10.1. The van der Waals surface area contributed by atoms with Gasteiger partial charge in [0.1, 0.15) is 5.75 Å². The standard InChI is InChI=1S/C13H9BrClNO3S/c14-10-1-6-13(17)9(7-10)8-16-20(18,19)12-4-2-11(15)3-5-12/h1-8,17H. The topological polar surface area (TPSA) is 66.7 Å². The minimum absolute atomic E-state index is 0.0348. The van der Waals surface area contributed by atoms with Crippen LogP contribution >= 0.6 is 27.5 Å². The van der Waals surface area contributed by atoms with Crippen LogP contribution in [0.4, 0.5) is 0 Å². The van der Waals surface area contributed by atoms with E-state index in [2.05, 4.69) is 20.3 Å². The maximum atomic E-state index is 12.0. The fourth-order valence-corrected chi connectivity index (χ4v) is 2.78. The van der Waals surface area contributed by atoms with Crippen molar-refractivity contribution in [1.82, 2.24) is 0 Å². The molecule has 0 fully saturated rings. The Bertz CT molecular complexity index is 758. The van der Waals surface area contributed by atoms with Crippen molar-refractivity contribution >= 4 is 43.8 Å². The van der Waals surface area contributed by atoms with E-state index >= 15 is 0 Å². The molecule has 0 spiro atoms. The van der Waals surface area contributed by atoms with E-state index < -0.39 is 10.0 Å². The van der Waals surface area contributed by atoms with Crippen LogP contribution in [0.25, 0.3) is 0 Å². The number of nitrogens with zero attached hydrogens (tertiary/aromatic N) is 1. The van der Waals surface area contributed by atoms with E-state index in [1.165, 1.54) is 30.3 Å². The highest BCUT2D eigenvalue weighted by atomic mass is 79.9. The van der Waals surface area contributed by atoms with Gasteiger partial charge in [-0.05, 0) is 42.5 Å². The summed E-state index contributed by atoms with van der Waals surface area (Å²) < 4.78 is 28.2. The van der Waals surface area contributed by atoms with Crippen molar-refractivity contribution in [2.24, 2.45) is 4.40 Å². The van der Waals surface area contributed by atoms with Gasteiger partial charge in [0.05, 0.1) is 11.1 Å². The third-order valence-electron chi connectivity index (χ3n) is 2.43. The van der Waals surface area contributed by atoms with Gasteiger partial charge >= 0.3 is 0 Å². The molecule has 2 aromatic carbocycles. The first-order valence-electron chi connectivity index (χ1n) is 5.43. The SMILES string of the molecule is O=S(=O)(N=Cc1cc(Br)ccc1O)c1ccc(Cl)cc1. The first-order chi connectivity index (χ1) is 9.38. The number of halogens is 2. The fraction of sp³-hybridized carbons (Fsp3) is 0. The minimum Gasteiger partial charge on any atom is -0.507 e. The molecule has 0 aliphatic carbocycles. The summed E-state index contributed by atoms with van der Waals surface area (Å²) in [6.45, 7) is 0. The highest BCUT2D eigenvalue weighted by molar-refractivity contribution is 9.10. The Morgan fingerprint density at radius 3 is 2.45 bits per heavy atom. The number of sulfonamides is 1. The van der Waals surface area contributed by atoms with Crippen molar-refractivity contribution in [3.63, 3.8) is 0 Å². The second-order valence-electron chi connectivity index (χ2n) is 3.87. The van der Waals surface area contributed by atoms with Crippen molar-refractivity contribution in [2.45, 2.75) is 4.90 Å². The maximum absolute atomic E-state index is 12.0. The van der Waals surface area contributed by atoms with Gasteiger partial charge in [-0.15, -0.1) is 0 Å². The van der Waals surface area contributed by atoms with E-state index in [0.29, 0.717) is 15.1 Å². The van der Waals surface area contributed by atoms with Crippen LogP contribution in [0.15, 0.2) is 56.2 Å². The van der Waals surface area contributed by atoms with Gasteiger partial charge < -0.3 is 5.11 Å². The van der Waals surface area contributed by atoms with Gasteiger partial charge in [-0.2, -0.15) is 12.8 Å². The van der Waals surface area contributed by atoms with E-state index in [1.807, 2.05) is 0 Å². The predicted molar refractivity (Wildman–Crippen MR) is 82.0 cm³/mol. The quantitative estimate of drug-likeness (QED) is 0.835. The Hall–Kier alpha value is -1.37. The average Bonchev–Trinajstić information content (AvgIpc) is 2.40. The number of benzene rings is 2. The van der Waals surface area contributed by atoms with Crippen LogP contribution in [0, 0.1) is 0 Å². The van der Waals surface area contributed by atoms with Crippen LogP contribution in [0.2, 0.25) is 5.02 Å². The lowest BCUT2D eigenvalue weighted by atomic mass is 10.2. The van der Waals surface area contributed by atoms with Gasteiger partial charge in [-0.1, -0.05) is 27.5 Å². The van der Waals surface area contributed by atoms with Gasteiger partial charge in [-0.25, -0.2) is 0 Å². The van der Waals surface area contributed by atoms with E-state index in [-0.39, 0.29) is 10.6 Å². The van der Waals surface area contributed by atoms with Gasteiger partial charge in [-0.3, -0.25) is 0 Å². The molecule has 0 atom stereocenters. The molecule has 0 aromatic heterocycles. The van der Waals surface area contributed by atoms with Crippen LogP contribution in [0.1, 0.15) is 5.56 Å². The molecule has 104 valence electrons. The molecular weight excluding hydrogens is 366 g/mol. The van der Waals surface area contributed by atoms with Crippen molar-refractivity contribution in [3.8, 4) is 5.75 Å². The van der Waals surface area contributed by atoms with Crippen LogP contribution < -0.4 is 0 Å². The molecule has 4 nitrogen and oxygen atoms in total. The number of hydrogen-bond acceptors (Lipinski definition) is 3. The zero-order chi connectivity index (χ0) is 14.8. The van der Waals surface area contributed by atoms with Gasteiger partial charge in [0.25, 0.3) is 10.0 Å². The highest BCUT2D eigenvalue weighted by Crippen LogP contribution is 2.21. The third-order valence-corrected chi connectivity index (χ3v) is 4.43. The number of phenolic OH excluding ortho intramolecular Hbond substituents is 1. The molecule has 2 rings (SSSR count). The normalized spacial score (nSPS) is 11.9. The van der Waals surface area contributed by atoms with Crippen LogP contribution in [0.3, 0.4) is 0 Å². The Morgan fingerprint density at radius 2 is 1.80 bits per heavy atom. The summed E-state index contributed by atoms with van der Waals surface area (Å²) in [4.78, 5) is 0.0348. The number of hydrogen-bond donors (Lipinski definition) is 1. The van der Waals surface area contributed by atoms with Gasteiger partial charge in [0, 0.05) is 15.1 Å². The molecule has 2 aromatic rings. The summed E-state index contributed by atoms with van der Waals surface area (Å²) in [5.74, 6) is -0.0525. The highest BCUT2D eigenvalue weighted by Gasteiger charge is 2.11. The van der Waals surface area contributed by atoms with Gasteiger partial charge in [0.15, 0.2) is 0 Å². The van der Waals surface area contributed by atoms with Crippen LogP contribution in [-0.4, -0.2) is 19.7 Å². The maximum Gasteiger partial charge on any atom is 0.282 e. The molecule has 0 radical (unpaired) electrons. The summed E-state index contributed by atoms with van der Waals surface area (Å²) in [6.07, 6.45) is 1.10. The summed E-state index contributed by atoms with van der Waals surface area (Å²) in [7, 11) is -3.82. The number of rotatable bonds is 3. The molecule has 0 aliphatic heterocycles. The Kier molecular flexibility index (Phi) is 4.47. The Balaban J connectivity index is 2.34. The van der Waals surface area contributed by atoms with Crippen molar-refractivity contribution in [3.05, 3.63) is 57.5 Å². The fourth-order valence-electron chi connectivity index (χ4n) is 1.42. The molecule has 0 saturated heterocycles. The molecule has 0 saturated carbocycles. The lowest BCUT2D eigenvalue weighted by Crippen LogP contribution is -1.97. The molecule has 0 unspecified atom stereocenters. The zero-order valence-corrected chi connectivity index (χ0v) is 13.2. The summed E-state index contributed by atoms with van der Waals surface area (Å²) in [6, 6.07) is 10.3. The average molecular weight is 375 g/mol. The van der Waals surface area contributed by atoms with E-state index in [4.69, 9.17) is 11.6 Å². The second-order valence-corrected chi connectivity index (χ2v) is 6.85. The molecule has 0 amide bonds. The smallest absolute Gasteiger partial charge is 0.282 e. The molecule has 0 bridgehead atoms. The third kappa shape index (κ3) is 3.59. The monoisotopic (exact) mass is 373 g/mol. The number of phenols is 1. The predicted octanol–water partition coefficient (Wildman–Crippen LogP) is 3.62. The molecule has 0 aliphatic rings. The van der Waals surface area contributed by atoms with Crippen molar-refractivity contribution < 1.29 is 13.5 Å². The van der Waals surface area contributed by atoms with Crippen LogP contribution in [-0.2, 0) is 10.0 Å². The second kappa shape index (κ2) is 5.95. The first kappa shape index (κ1) is 15.0. The number of aromatic hydroxyl groups is 1. The zero-order valence-electron chi connectivity index (χ0n) is 9.99. The summed E-state index contributed by atoms with van der Waals surface area (Å²) >= 11 is 8.93. The molecule has 7 heteroatoms. The van der Waals surface area contributed by atoms with E-state index in [0.717, 1.165) is 6.21 Å². The molecular formula is C13H9BrClNO3S. The Labute approximate surface area is 129 Å². The van der Waals surface area contributed by atoms with Gasteiger partial charge in [0.2, 0.25) is 0 Å². The largest absolute Gasteiger partial charge is 0.507 e. The van der Waals surface area contributed by atoms with Crippen molar-refractivity contribution in [2.75, 3.05) is 0 Å². The molecule has 0 heterocycles.